The van der Waals surface area contributed by atoms with Crippen molar-refractivity contribution < 1.29 is 9.59 Å². The Morgan fingerprint density at radius 2 is 1.83 bits per heavy atom. The Morgan fingerprint density at radius 3 is 2.63 bits per heavy atom. The zero-order valence-corrected chi connectivity index (χ0v) is 16.9. The monoisotopic (exact) mass is 399 g/mol. The van der Waals surface area contributed by atoms with Crippen LogP contribution in [0.5, 0.6) is 0 Å². The minimum absolute atomic E-state index is 0.0174. The van der Waals surface area contributed by atoms with E-state index in [1.807, 2.05) is 35.2 Å². The minimum Gasteiger partial charge on any atom is -0.356 e. The number of amides is 2. The molecule has 1 unspecified atom stereocenters. The van der Waals surface area contributed by atoms with Crippen molar-refractivity contribution in [1.29, 1.82) is 0 Å². The van der Waals surface area contributed by atoms with Gasteiger partial charge in [-0.05, 0) is 30.0 Å². The second kappa shape index (κ2) is 7.48. The quantitative estimate of drug-likeness (QED) is 0.666. The molecule has 3 aromatic rings. The first-order chi connectivity index (χ1) is 14.7. The maximum Gasteiger partial charge on any atom is 0.246 e. The number of hydrogen-bond donors (Lipinski definition) is 1. The summed E-state index contributed by atoms with van der Waals surface area (Å²) in [7, 11) is 0. The highest BCUT2D eigenvalue weighted by molar-refractivity contribution is 5.97. The van der Waals surface area contributed by atoms with Gasteiger partial charge < -0.3 is 14.8 Å². The summed E-state index contributed by atoms with van der Waals surface area (Å²) in [6, 6.07) is 17.9. The smallest absolute Gasteiger partial charge is 0.246 e. The third-order valence-electron chi connectivity index (χ3n) is 6.36. The van der Waals surface area contributed by atoms with E-state index in [2.05, 4.69) is 35.8 Å². The van der Waals surface area contributed by atoms with Crippen LogP contribution in [0, 0.1) is 0 Å². The van der Waals surface area contributed by atoms with Crippen LogP contribution in [0.4, 0.5) is 0 Å². The van der Waals surface area contributed by atoms with Crippen LogP contribution >= 0.6 is 0 Å². The number of para-hydroxylation sites is 1. The van der Waals surface area contributed by atoms with Crippen LogP contribution in [-0.4, -0.2) is 45.7 Å². The van der Waals surface area contributed by atoms with E-state index in [0.717, 1.165) is 29.4 Å². The van der Waals surface area contributed by atoms with E-state index >= 15 is 0 Å². The molecular formula is C25H25N3O2. The van der Waals surface area contributed by atoms with Crippen LogP contribution in [0.15, 0.2) is 67.3 Å². The molecule has 1 N–H and O–H groups in total. The second-order valence-electron chi connectivity index (χ2n) is 8.13. The summed E-state index contributed by atoms with van der Waals surface area (Å²) in [5, 5.41) is 1.15. The molecule has 5 rings (SSSR count). The maximum absolute atomic E-state index is 13.3. The molecule has 0 aliphatic carbocycles. The van der Waals surface area contributed by atoms with Crippen molar-refractivity contribution >= 4 is 22.7 Å². The Bertz CT molecular complexity index is 1120. The minimum atomic E-state index is -0.446. The van der Waals surface area contributed by atoms with Gasteiger partial charge in [-0.15, -0.1) is 6.58 Å². The zero-order valence-electron chi connectivity index (χ0n) is 16.9. The Balaban J connectivity index is 1.57. The lowest BCUT2D eigenvalue weighted by atomic mass is 9.87. The molecule has 2 aromatic carbocycles. The number of nitrogens with one attached hydrogen (secondary N) is 1. The summed E-state index contributed by atoms with van der Waals surface area (Å²) in [5.74, 6) is 0.0407. The molecule has 5 nitrogen and oxygen atoms in total. The highest BCUT2D eigenvalue weighted by Crippen LogP contribution is 2.41. The molecule has 30 heavy (non-hydrogen) atoms. The van der Waals surface area contributed by atoms with E-state index < -0.39 is 6.04 Å². The van der Waals surface area contributed by atoms with Crippen molar-refractivity contribution in [2.24, 2.45) is 0 Å². The number of aromatic amines is 1. The molecule has 2 aliphatic heterocycles. The number of carbonyl (C=O) groups excluding carboxylic acids is 2. The third-order valence-corrected chi connectivity index (χ3v) is 6.36. The van der Waals surface area contributed by atoms with Gasteiger partial charge in [-0.1, -0.05) is 54.6 Å². The van der Waals surface area contributed by atoms with Crippen molar-refractivity contribution in [2.75, 3.05) is 13.1 Å². The fourth-order valence-electron chi connectivity index (χ4n) is 5.00. The van der Waals surface area contributed by atoms with Crippen molar-refractivity contribution in [3.8, 4) is 0 Å². The summed E-state index contributed by atoms with van der Waals surface area (Å²) < 4.78 is 0. The first kappa shape index (κ1) is 18.7. The molecule has 3 heterocycles. The number of nitrogens with zero attached hydrogens (tertiary/aromatic N) is 2. The number of aromatic nitrogens is 1. The van der Waals surface area contributed by atoms with Gasteiger partial charge in [-0.2, -0.15) is 0 Å². The summed E-state index contributed by atoms with van der Waals surface area (Å²) in [4.78, 5) is 33.5. The van der Waals surface area contributed by atoms with E-state index in [-0.39, 0.29) is 24.4 Å². The van der Waals surface area contributed by atoms with Gasteiger partial charge in [0.2, 0.25) is 11.8 Å². The first-order valence-corrected chi connectivity index (χ1v) is 10.5. The molecule has 2 aliphatic rings. The van der Waals surface area contributed by atoms with E-state index in [9.17, 15) is 9.59 Å². The van der Waals surface area contributed by atoms with Gasteiger partial charge in [-0.3, -0.25) is 9.59 Å². The highest BCUT2D eigenvalue weighted by atomic mass is 16.2. The predicted octanol–water partition coefficient (Wildman–Crippen LogP) is 3.62. The van der Waals surface area contributed by atoms with Crippen LogP contribution in [0.1, 0.15) is 29.3 Å². The molecule has 0 spiro atoms. The lowest BCUT2D eigenvalue weighted by Gasteiger charge is -2.47. The molecular weight excluding hydrogens is 374 g/mol. The van der Waals surface area contributed by atoms with Crippen LogP contribution in [0.25, 0.3) is 10.9 Å². The van der Waals surface area contributed by atoms with Crippen molar-refractivity contribution in [1.82, 2.24) is 14.8 Å². The topological polar surface area (TPSA) is 56.4 Å². The Kier molecular flexibility index (Phi) is 4.66. The number of fused-ring (bicyclic) bond motifs is 4. The molecule has 0 saturated carbocycles. The van der Waals surface area contributed by atoms with Crippen LogP contribution < -0.4 is 0 Å². The van der Waals surface area contributed by atoms with Gasteiger partial charge in [0, 0.05) is 29.6 Å². The highest BCUT2D eigenvalue weighted by Gasteiger charge is 2.47. The molecule has 1 saturated heterocycles. The standard InChI is InChI=1S/C25H25N3O2/c1-2-14-27-16-23(29)28-21(13-12-17-8-4-3-5-9-17)24-19(15-22(28)25(27)30)18-10-6-7-11-20(18)26-24/h2-11,21-22,26H,1,12-16H2/t21?,22-/m1/s1. The Morgan fingerprint density at radius 1 is 1.07 bits per heavy atom. The van der Waals surface area contributed by atoms with E-state index in [4.69, 9.17) is 0 Å². The number of piperazine rings is 1. The number of benzene rings is 2. The van der Waals surface area contributed by atoms with Crippen molar-refractivity contribution in [3.05, 3.63) is 84.1 Å². The summed E-state index contributed by atoms with van der Waals surface area (Å²) in [6.45, 7) is 4.27. The van der Waals surface area contributed by atoms with Gasteiger partial charge in [0.1, 0.15) is 12.6 Å². The number of H-pyrrole nitrogens is 1. The van der Waals surface area contributed by atoms with Crippen molar-refractivity contribution in [2.45, 2.75) is 31.3 Å². The van der Waals surface area contributed by atoms with Gasteiger partial charge in [0.25, 0.3) is 0 Å². The fraction of sp³-hybridized carbons (Fsp3) is 0.280. The third kappa shape index (κ3) is 3.02. The van der Waals surface area contributed by atoms with Crippen molar-refractivity contribution in [3.63, 3.8) is 0 Å². The van der Waals surface area contributed by atoms with E-state index in [0.29, 0.717) is 13.0 Å². The summed E-state index contributed by atoms with van der Waals surface area (Å²) in [5.41, 5.74) is 4.56. The number of aryl methyl sites for hydroxylation is 1. The van der Waals surface area contributed by atoms with Gasteiger partial charge in [0.15, 0.2) is 0 Å². The molecule has 0 radical (unpaired) electrons. The molecule has 0 bridgehead atoms. The first-order valence-electron chi connectivity index (χ1n) is 10.5. The molecule has 1 fully saturated rings. The van der Waals surface area contributed by atoms with E-state index in [1.165, 1.54) is 11.1 Å². The Hall–Kier alpha value is -3.34. The largest absolute Gasteiger partial charge is 0.356 e. The maximum atomic E-state index is 13.3. The molecule has 1 aromatic heterocycles. The molecule has 2 amide bonds. The van der Waals surface area contributed by atoms with Gasteiger partial charge >= 0.3 is 0 Å². The lowest BCUT2D eigenvalue weighted by Crippen LogP contribution is -2.62. The molecule has 152 valence electrons. The lowest BCUT2D eigenvalue weighted by molar-refractivity contribution is -0.159. The predicted molar refractivity (Wildman–Crippen MR) is 117 cm³/mol. The molecule has 5 heteroatoms. The Labute approximate surface area is 176 Å². The molecule has 2 atom stereocenters. The SMILES string of the molecule is C=CCN1CC(=O)N2C(CCc3ccccc3)c3[nH]c4ccccc4c3C[C@@H]2C1=O. The van der Waals surface area contributed by atoms with Crippen LogP contribution in [0.3, 0.4) is 0 Å². The normalized spacial score (nSPS) is 20.9. The van der Waals surface area contributed by atoms with E-state index in [1.54, 1.807) is 11.0 Å². The van der Waals surface area contributed by atoms with Crippen LogP contribution in [-0.2, 0) is 22.4 Å². The second-order valence-corrected chi connectivity index (χ2v) is 8.13. The average Bonchev–Trinajstić information content (AvgIpc) is 3.14. The fourth-order valence-corrected chi connectivity index (χ4v) is 5.00. The number of carbonyl (C=O) groups is 2. The summed E-state index contributed by atoms with van der Waals surface area (Å²) >= 11 is 0. The van der Waals surface area contributed by atoms with Crippen LogP contribution in [0.2, 0.25) is 0 Å². The van der Waals surface area contributed by atoms with Gasteiger partial charge in [-0.25, -0.2) is 0 Å². The zero-order chi connectivity index (χ0) is 20.7. The number of rotatable bonds is 5. The number of hydrogen-bond acceptors (Lipinski definition) is 2. The van der Waals surface area contributed by atoms with Gasteiger partial charge in [0.05, 0.1) is 6.04 Å². The average molecular weight is 399 g/mol. The summed E-state index contributed by atoms with van der Waals surface area (Å²) in [6.07, 6.45) is 3.87.